The van der Waals surface area contributed by atoms with Crippen molar-refractivity contribution in [3.63, 3.8) is 0 Å². The Morgan fingerprint density at radius 1 is 0.950 bits per heavy atom. The number of pyridine rings is 1. The molecule has 1 N–H and O–H groups in total. The summed E-state index contributed by atoms with van der Waals surface area (Å²) in [6, 6.07) is 16.3. The van der Waals surface area contributed by atoms with Gasteiger partial charge in [-0.05, 0) is 24.3 Å². The lowest BCUT2D eigenvalue weighted by Crippen LogP contribution is -2.14. The number of rotatable bonds is 2. The fourth-order valence-corrected chi connectivity index (χ4v) is 2.30. The largest absolute Gasteiger partial charge is 0.340 e. The van der Waals surface area contributed by atoms with Gasteiger partial charge in [0.25, 0.3) is 0 Å². The average molecular weight is 265 g/mol. The molecule has 0 aliphatic carbocycles. The van der Waals surface area contributed by atoms with Gasteiger partial charge in [-0.25, -0.2) is 4.98 Å². The molecule has 0 fully saturated rings. The van der Waals surface area contributed by atoms with Crippen molar-refractivity contribution < 1.29 is 0 Å². The van der Waals surface area contributed by atoms with Gasteiger partial charge in [-0.2, -0.15) is 0 Å². The Hall–Kier alpha value is -2.29. The lowest BCUT2D eigenvalue weighted by atomic mass is 9.92. The molecule has 0 aliphatic heterocycles. The van der Waals surface area contributed by atoms with Gasteiger partial charge in [0.05, 0.1) is 5.69 Å². The van der Waals surface area contributed by atoms with E-state index in [4.69, 9.17) is 4.98 Å². The molecule has 3 heteroatoms. The number of hydrogen-bond donors (Lipinski definition) is 1. The van der Waals surface area contributed by atoms with Gasteiger partial charge in [0.1, 0.15) is 11.5 Å². The predicted molar refractivity (Wildman–Crippen MR) is 83.6 cm³/mol. The van der Waals surface area contributed by atoms with Crippen LogP contribution in [0, 0.1) is 0 Å². The Balaban J connectivity index is 2.16. The van der Waals surface area contributed by atoms with Crippen LogP contribution in [0.4, 0.5) is 11.5 Å². The average Bonchev–Trinajstić information content (AvgIpc) is 2.79. The molecule has 1 aromatic carbocycles. The SMILES string of the molecule is CC(C)(C)c1nc2ccccn2c1Nc1ccccc1. The van der Waals surface area contributed by atoms with Crippen LogP contribution in [0.1, 0.15) is 26.5 Å². The predicted octanol–water partition coefficient (Wildman–Crippen LogP) is 4.38. The molecule has 0 unspecified atom stereocenters. The summed E-state index contributed by atoms with van der Waals surface area (Å²) in [5.74, 6) is 1.04. The van der Waals surface area contributed by atoms with Gasteiger partial charge in [-0.3, -0.25) is 4.40 Å². The highest BCUT2D eigenvalue weighted by atomic mass is 15.1. The van der Waals surface area contributed by atoms with Crippen LogP contribution in [0.2, 0.25) is 0 Å². The number of para-hydroxylation sites is 1. The maximum absolute atomic E-state index is 4.78. The van der Waals surface area contributed by atoms with Crippen molar-refractivity contribution in [2.24, 2.45) is 0 Å². The molecule has 0 saturated heterocycles. The Morgan fingerprint density at radius 2 is 1.65 bits per heavy atom. The fraction of sp³-hybridized carbons (Fsp3) is 0.235. The van der Waals surface area contributed by atoms with Crippen LogP contribution in [0.3, 0.4) is 0 Å². The van der Waals surface area contributed by atoms with Crippen molar-refractivity contribution in [2.75, 3.05) is 5.32 Å². The Kier molecular flexibility index (Phi) is 2.97. The van der Waals surface area contributed by atoms with Crippen LogP contribution in [0.5, 0.6) is 0 Å². The quantitative estimate of drug-likeness (QED) is 0.745. The van der Waals surface area contributed by atoms with Gasteiger partial charge in [0, 0.05) is 17.3 Å². The first-order chi connectivity index (χ1) is 9.55. The zero-order valence-corrected chi connectivity index (χ0v) is 12.1. The normalized spacial score (nSPS) is 11.8. The van der Waals surface area contributed by atoms with E-state index in [1.54, 1.807) is 0 Å². The van der Waals surface area contributed by atoms with E-state index in [9.17, 15) is 0 Å². The molecule has 102 valence electrons. The highest BCUT2D eigenvalue weighted by molar-refractivity contribution is 5.65. The minimum Gasteiger partial charge on any atom is -0.340 e. The van der Waals surface area contributed by atoms with Crippen molar-refractivity contribution in [1.82, 2.24) is 9.38 Å². The summed E-state index contributed by atoms with van der Waals surface area (Å²) in [7, 11) is 0. The van der Waals surface area contributed by atoms with Gasteiger partial charge in [0.15, 0.2) is 0 Å². The highest BCUT2D eigenvalue weighted by Gasteiger charge is 2.23. The van der Waals surface area contributed by atoms with Crippen LogP contribution >= 0.6 is 0 Å². The van der Waals surface area contributed by atoms with E-state index >= 15 is 0 Å². The van der Waals surface area contributed by atoms with E-state index in [2.05, 4.69) is 42.6 Å². The van der Waals surface area contributed by atoms with Crippen molar-refractivity contribution in [2.45, 2.75) is 26.2 Å². The standard InChI is InChI=1S/C17H19N3/c1-17(2,3)15-16(18-13-9-5-4-6-10-13)20-12-8-7-11-14(20)19-15/h4-12,18H,1-3H3. The van der Waals surface area contributed by atoms with E-state index < -0.39 is 0 Å². The second-order valence-corrected chi connectivity index (χ2v) is 5.98. The lowest BCUT2D eigenvalue weighted by Gasteiger charge is -2.18. The summed E-state index contributed by atoms with van der Waals surface area (Å²) in [6.07, 6.45) is 2.04. The smallest absolute Gasteiger partial charge is 0.138 e. The first kappa shape index (κ1) is 12.7. The van der Waals surface area contributed by atoms with Gasteiger partial charge < -0.3 is 5.32 Å². The van der Waals surface area contributed by atoms with Gasteiger partial charge >= 0.3 is 0 Å². The molecule has 0 atom stereocenters. The second-order valence-electron chi connectivity index (χ2n) is 5.98. The number of aromatic nitrogens is 2. The summed E-state index contributed by atoms with van der Waals surface area (Å²) in [5.41, 5.74) is 3.11. The molecular weight excluding hydrogens is 246 g/mol. The fourth-order valence-electron chi connectivity index (χ4n) is 2.30. The lowest BCUT2D eigenvalue weighted by molar-refractivity contribution is 0.575. The zero-order chi connectivity index (χ0) is 14.2. The number of benzene rings is 1. The van der Waals surface area contributed by atoms with Crippen molar-refractivity contribution in [3.05, 3.63) is 60.4 Å². The van der Waals surface area contributed by atoms with Gasteiger partial charge in [-0.1, -0.05) is 45.0 Å². The van der Waals surface area contributed by atoms with Gasteiger partial charge in [-0.15, -0.1) is 0 Å². The van der Waals surface area contributed by atoms with Crippen molar-refractivity contribution in [3.8, 4) is 0 Å². The third kappa shape index (κ3) is 2.27. The van der Waals surface area contributed by atoms with E-state index in [0.29, 0.717) is 0 Å². The highest BCUT2D eigenvalue weighted by Crippen LogP contribution is 2.31. The number of hydrogen-bond acceptors (Lipinski definition) is 2. The molecule has 3 aromatic rings. The summed E-state index contributed by atoms with van der Waals surface area (Å²) < 4.78 is 2.10. The van der Waals surface area contributed by atoms with E-state index in [1.807, 2.05) is 42.6 Å². The second kappa shape index (κ2) is 4.67. The molecule has 20 heavy (non-hydrogen) atoms. The van der Waals surface area contributed by atoms with E-state index in [0.717, 1.165) is 22.8 Å². The van der Waals surface area contributed by atoms with Crippen LogP contribution in [0.15, 0.2) is 54.7 Å². The van der Waals surface area contributed by atoms with Crippen LogP contribution < -0.4 is 5.32 Å². The number of nitrogens with zero attached hydrogens (tertiary/aromatic N) is 2. The molecule has 2 heterocycles. The van der Waals surface area contributed by atoms with Gasteiger partial charge in [0.2, 0.25) is 0 Å². The van der Waals surface area contributed by atoms with Crippen LogP contribution in [0.25, 0.3) is 5.65 Å². The van der Waals surface area contributed by atoms with Crippen molar-refractivity contribution >= 4 is 17.2 Å². The molecule has 0 amide bonds. The Bertz CT molecular complexity index is 721. The van der Waals surface area contributed by atoms with E-state index in [1.165, 1.54) is 0 Å². The summed E-state index contributed by atoms with van der Waals surface area (Å²) in [5, 5.41) is 3.50. The molecule has 2 aromatic heterocycles. The van der Waals surface area contributed by atoms with Crippen molar-refractivity contribution in [1.29, 1.82) is 0 Å². The third-order valence-corrected chi connectivity index (χ3v) is 3.28. The maximum Gasteiger partial charge on any atom is 0.138 e. The van der Waals surface area contributed by atoms with E-state index in [-0.39, 0.29) is 5.41 Å². The summed E-state index contributed by atoms with van der Waals surface area (Å²) in [6.45, 7) is 6.56. The molecule has 0 saturated carbocycles. The first-order valence-corrected chi connectivity index (χ1v) is 6.85. The maximum atomic E-state index is 4.78. The monoisotopic (exact) mass is 265 g/mol. The number of fused-ring (bicyclic) bond motifs is 1. The molecule has 0 spiro atoms. The molecule has 3 rings (SSSR count). The summed E-state index contributed by atoms with van der Waals surface area (Å²) >= 11 is 0. The first-order valence-electron chi connectivity index (χ1n) is 6.85. The summed E-state index contributed by atoms with van der Waals surface area (Å²) in [4.78, 5) is 4.78. The third-order valence-electron chi connectivity index (χ3n) is 3.28. The Labute approximate surface area is 119 Å². The minimum atomic E-state index is -0.0108. The number of nitrogens with one attached hydrogen (secondary N) is 1. The number of anilines is 2. The number of imidazole rings is 1. The molecule has 0 radical (unpaired) electrons. The molecule has 0 aliphatic rings. The minimum absolute atomic E-state index is 0.0108. The van der Waals surface area contributed by atoms with Crippen LogP contribution in [-0.2, 0) is 5.41 Å². The molecule has 3 nitrogen and oxygen atoms in total. The zero-order valence-electron chi connectivity index (χ0n) is 12.1. The Morgan fingerprint density at radius 3 is 2.35 bits per heavy atom. The molecular formula is C17H19N3. The topological polar surface area (TPSA) is 29.3 Å². The molecule has 0 bridgehead atoms. The van der Waals surface area contributed by atoms with Crippen LogP contribution in [-0.4, -0.2) is 9.38 Å².